The number of anilines is 1. The molecule has 20 heavy (non-hydrogen) atoms. The topological polar surface area (TPSA) is 62.9 Å². The number of rotatable bonds is 4. The van der Waals surface area contributed by atoms with Crippen LogP contribution in [0.4, 0.5) is 5.69 Å². The van der Waals surface area contributed by atoms with Crippen LogP contribution in [0.15, 0.2) is 23.3 Å². The van der Waals surface area contributed by atoms with Gasteiger partial charge in [0, 0.05) is 30.4 Å². The van der Waals surface area contributed by atoms with E-state index in [0.717, 1.165) is 24.4 Å². The Morgan fingerprint density at radius 1 is 1.40 bits per heavy atom. The van der Waals surface area contributed by atoms with E-state index < -0.39 is 0 Å². The second-order valence-electron chi connectivity index (χ2n) is 4.71. The first-order valence-corrected chi connectivity index (χ1v) is 7.13. The lowest BCUT2D eigenvalue weighted by Gasteiger charge is -2.29. The standard InChI is InChI=1S/C14H20N4OS/c1-19-13-9-12(18-7-3-2-4-8-18)6-5-11(13)10-16-17-14(15)20/h5-6,9-10H,2-4,7-8H2,1H3,(H3,15,17,20)/b16-10-. The van der Waals surface area contributed by atoms with Gasteiger partial charge < -0.3 is 15.4 Å². The Hall–Kier alpha value is -1.82. The van der Waals surface area contributed by atoms with Crippen molar-refractivity contribution in [3.05, 3.63) is 23.8 Å². The normalized spacial score (nSPS) is 15.3. The van der Waals surface area contributed by atoms with Gasteiger partial charge in [-0.25, -0.2) is 0 Å². The Morgan fingerprint density at radius 2 is 2.15 bits per heavy atom. The third-order valence-corrected chi connectivity index (χ3v) is 3.41. The molecule has 1 saturated heterocycles. The fourth-order valence-corrected chi connectivity index (χ4v) is 2.37. The largest absolute Gasteiger partial charge is 0.496 e. The summed E-state index contributed by atoms with van der Waals surface area (Å²) < 4.78 is 5.42. The van der Waals surface area contributed by atoms with Crippen LogP contribution in [0.2, 0.25) is 0 Å². The maximum absolute atomic E-state index is 5.42. The highest BCUT2D eigenvalue weighted by atomic mass is 32.1. The van der Waals surface area contributed by atoms with Crippen molar-refractivity contribution in [1.82, 2.24) is 5.43 Å². The molecule has 0 saturated carbocycles. The van der Waals surface area contributed by atoms with Crippen LogP contribution in [0.1, 0.15) is 24.8 Å². The van der Waals surface area contributed by atoms with Crippen LogP contribution in [0.25, 0.3) is 0 Å². The number of nitrogens with one attached hydrogen (secondary N) is 1. The van der Waals surface area contributed by atoms with Crippen molar-refractivity contribution in [3.8, 4) is 5.75 Å². The van der Waals surface area contributed by atoms with Crippen LogP contribution in [0.5, 0.6) is 5.75 Å². The first-order chi connectivity index (χ1) is 9.70. The molecule has 0 radical (unpaired) electrons. The summed E-state index contributed by atoms with van der Waals surface area (Å²) in [6, 6.07) is 6.14. The van der Waals surface area contributed by atoms with Gasteiger partial charge in [0.2, 0.25) is 0 Å². The summed E-state index contributed by atoms with van der Waals surface area (Å²) in [5.41, 5.74) is 9.93. The number of benzene rings is 1. The fourth-order valence-electron chi connectivity index (χ4n) is 2.32. The quantitative estimate of drug-likeness (QED) is 0.504. The molecule has 1 heterocycles. The zero-order valence-electron chi connectivity index (χ0n) is 11.6. The molecule has 1 aliphatic rings. The van der Waals surface area contributed by atoms with Crippen LogP contribution < -0.4 is 20.8 Å². The van der Waals surface area contributed by atoms with Crippen molar-refractivity contribution in [3.63, 3.8) is 0 Å². The molecule has 6 heteroatoms. The lowest BCUT2D eigenvalue weighted by molar-refractivity contribution is 0.414. The number of methoxy groups -OCH3 is 1. The van der Waals surface area contributed by atoms with Crippen molar-refractivity contribution in [1.29, 1.82) is 0 Å². The Balaban J connectivity index is 2.14. The van der Waals surface area contributed by atoms with Crippen molar-refractivity contribution in [2.24, 2.45) is 10.8 Å². The van der Waals surface area contributed by atoms with E-state index in [1.807, 2.05) is 12.1 Å². The minimum Gasteiger partial charge on any atom is -0.496 e. The Morgan fingerprint density at radius 3 is 2.80 bits per heavy atom. The number of hydrazone groups is 1. The van der Waals surface area contributed by atoms with E-state index in [0.29, 0.717) is 0 Å². The van der Waals surface area contributed by atoms with Crippen LogP contribution in [0, 0.1) is 0 Å². The molecule has 108 valence electrons. The van der Waals surface area contributed by atoms with Crippen molar-refractivity contribution in [2.75, 3.05) is 25.1 Å². The molecule has 1 fully saturated rings. The highest BCUT2D eigenvalue weighted by molar-refractivity contribution is 7.80. The highest BCUT2D eigenvalue weighted by Crippen LogP contribution is 2.26. The molecule has 0 spiro atoms. The van der Waals surface area contributed by atoms with Crippen LogP contribution in [-0.4, -0.2) is 31.5 Å². The van der Waals surface area contributed by atoms with E-state index in [9.17, 15) is 0 Å². The molecule has 0 unspecified atom stereocenters. The van der Waals surface area contributed by atoms with Gasteiger partial charge in [0.1, 0.15) is 5.75 Å². The van der Waals surface area contributed by atoms with Crippen molar-refractivity contribution in [2.45, 2.75) is 19.3 Å². The fraction of sp³-hybridized carbons (Fsp3) is 0.429. The number of piperidine rings is 1. The SMILES string of the molecule is COc1cc(N2CCCCC2)ccc1/C=N\NC(N)=S. The van der Waals surface area contributed by atoms with Gasteiger partial charge in [-0.1, -0.05) is 0 Å². The summed E-state index contributed by atoms with van der Waals surface area (Å²) in [7, 11) is 1.66. The predicted octanol–water partition coefficient (Wildman–Crippen LogP) is 1.85. The lowest BCUT2D eigenvalue weighted by atomic mass is 10.1. The molecule has 0 aliphatic carbocycles. The first kappa shape index (κ1) is 14.6. The van der Waals surface area contributed by atoms with E-state index in [2.05, 4.69) is 21.5 Å². The number of thiocarbonyl (C=S) groups is 1. The molecular formula is C14H20N4OS. The van der Waals surface area contributed by atoms with Gasteiger partial charge in [0.05, 0.1) is 13.3 Å². The molecule has 1 aromatic rings. The molecule has 0 bridgehead atoms. The lowest BCUT2D eigenvalue weighted by Crippen LogP contribution is -2.29. The number of ether oxygens (including phenoxy) is 1. The minimum atomic E-state index is 0.144. The zero-order valence-corrected chi connectivity index (χ0v) is 12.4. The minimum absolute atomic E-state index is 0.144. The number of hydrogen-bond acceptors (Lipinski definition) is 4. The van der Waals surface area contributed by atoms with Crippen LogP contribution in [-0.2, 0) is 0 Å². The number of nitrogens with zero attached hydrogens (tertiary/aromatic N) is 2. The monoisotopic (exact) mass is 292 g/mol. The summed E-state index contributed by atoms with van der Waals surface area (Å²) >= 11 is 4.69. The molecule has 0 atom stereocenters. The molecule has 1 aromatic carbocycles. The summed E-state index contributed by atoms with van der Waals surface area (Å²) in [5, 5.41) is 4.10. The maximum Gasteiger partial charge on any atom is 0.184 e. The molecule has 0 aromatic heterocycles. The molecular weight excluding hydrogens is 272 g/mol. The van der Waals surface area contributed by atoms with E-state index >= 15 is 0 Å². The summed E-state index contributed by atoms with van der Waals surface area (Å²) in [4.78, 5) is 2.39. The summed E-state index contributed by atoms with van der Waals surface area (Å²) in [6.07, 6.45) is 5.48. The average Bonchev–Trinajstić information content (AvgIpc) is 2.48. The maximum atomic E-state index is 5.42. The van der Waals surface area contributed by atoms with Gasteiger partial charge in [-0.3, -0.25) is 5.43 Å². The summed E-state index contributed by atoms with van der Waals surface area (Å²) in [5.74, 6) is 0.793. The molecule has 0 amide bonds. The summed E-state index contributed by atoms with van der Waals surface area (Å²) in [6.45, 7) is 2.22. The Labute approximate surface area is 124 Å². The third kappa shape index (κ3) is 3.84. The van der Waals surface area contributed by atoms with Crippen LogP contribution in [0.3, 0.4) is 0 Å². The Bertz CT molecular complexity index is 498. The van der Waals surface area contributed by atoms with Gasteiger partial charge >= 0.3 is 0 Å². The van der Waals surface area contributed by atoms with Crippen molar-refractivity contribution >= 4 is 29.2 Å². The van der Waals surface area contributed by atoms with Crippen molar-refractivity contribution < 1.29 is 4.74 Å². The predicted molar refractivity (Wildman–Crippen MR) is 86.6 cm³/mol. The van der Waals surface area contributed by atoms with Gasteiger partial charge in [0.25, 0.3) is 0 Å². The second-order valence-corrected chi connectivity index (χ2v) is 5.15. The van der Waals surface area contributed by atoms with Gasteiger partial charge in [-0.05, 0) is 43.6 Å². The number of nitrogens with two attached hydrogens (primary N) is 1. The highest BCUT2D eigenvalue weighted by Gasteiger charge is 2.12. The van der Waals surface area contributed by atoms with E-state index in [-0.39, 0.29) is 5.11 Å². The molecule has 5 nitrogen and oxygen atoms in total. The van der Waals surface area contributed by atoms with Gasteiger partial charge in [-0.15, -0.1) is 0 Å². The molecule has 2 rings (SSSR count). The molecule has 1 aliphatic heterocycles. The van der Waals surface area contributed by atoms with Gasteiger partial charge in [-0.2, -0.15) is 5.10 Å². The smallest absolute Gasteiger partial charge is 0.184 e. The van der Waals surface area contributed by atoms with Gasteiger partial charge in [0.15, 0.2) is 5.11 Å². The average molecular weight is 292 g/mol. The van der Waals surface area contributed by atoms with Crippen LogP contribution >= 0.6 is 12.2 Å². The molecule has 3 N–H and O–H groups in total. The zero-order chi connectivity index (χ0) is 14.4. The first-order valence-electron chi connectivity index (χ1n) is 6.72. The third-order valence-electron chi connectivity index (χ3n) is 3.32. The Kier molecular flexibility index (Phi) is 5.17. The number of hydrogen-bond donors (Lipinski definition) is 2. The van der Waals surface area contributed by atoms with E-state index in [1.54, 1.807) is 13.3 Å². The van der Waals surface area contributed by atoms with E-state index in [1.165, 1.54) is 24.9 Å². The second kappa shape index (κ2) is 7.09. The van der Waals surface area contributed by atoms with E-state index in [4.69, 9.17) is 22.7 Å².